The Balaban J connectivity index is 1.91. The molecule has 0 aromatic rings. The van der Waals surface area contributed by atoms with Crippen molar-refractivity contribution in [1.82, 2.24) is 14.5 Å². The van der Waals surface area contributed by atoms with Crippen molar-refractivity contribution in [2.45, 2.75) is 32.6 Å². The third-order valence-electron chi connectivity index (χ3n) is 6.67. The maximum atomic E-state index is 12.7. The SMILES string of the molecule is CNC(=O)[C@@]12CCC3(CCN(C(C)=O)CC3)[C@H]1CN(S(C)(=O)=O)C2. The zero-order valence-electron chi connectivity index (χ0n) is 14.7. The van der Waals surface area contributed by atoms with Crippen LogP contribution in [0.25, 0.3) is 0 Å². The van der Waals surface area contributed by atoms with E-state index in [1.165, 1.54) is 10.6 Å². The minimum Gasteiger partial charge on any atom is -0.359 e. The largest absolute Gasteiger partial charge is 0.359 e. The fraction of sp³-hybridized carbons (Fsp3) is 0.875. The fourth-order valence-corrected chi connectivity index (χ4v) is 6.14. The highest BCUT2D eigenvalue weighted by Gasteiger charge is 2.65. The summed E-state index contributed by atoms with van der Waals surface area (Å²) in [7, 11) is -1.69. The molecule has 2 saturated heterocycles. The van der Waals surface area contributed by atoms with Crippen LogP contribution in [0.3, 0.4) is 0 Å². The zero-order chi connectivity index (χ0) is 17.8. The second kappa shape index (κ2) is 5.69. The second-order valence-corrected chi connectivity index (χ2v) is 9.69. The Kier molecular flexibility index (Phi) is 4.19. The van der Waals surface area contributed by atoms with E-state index in [0.717, 1.165) is 25.7 Å². The second-order valence-electron chi connectivity index (χ2n) is 7.71. The zero-order valence-corrected chi connectivity index (χ0v) is 15.5. The van der Waals surface area contributed by atoms with E-state index in [2.05, 4.69) is 5.32 Å². The number of nitrogens with zero attached hydrogens (tertiary/aromatic N) is 2. The van der Waals surface area contributed by atoms with Gasteiger partial charge >= 0.3 is 0 Å². The number of fused-ring (bicyclic) bond motifs is 2. The summed E-state index contributed by atoms with van der Waals surface area (Å²) in [5, 5.41) is 2.77. The number of rotatable bonds is 2. The summed E-state index contributed by atoms with van der Waals surface area (Å²) in [5.74, 6) is 0.0860. The number of carbonyl (C=O) groups excluding carboxylic acids is 2. The third kappa shape index (κ3) is 2.54. The maximum absolute atomic E-state index is 12.7. The van der Waals surface area contributed by atoms with Gasteiger partial charge in [-0.3, -0.25) is 9.59 Å². The van der Waals surface area contributed by atoms with Crippen molar-refractivity contribution in [2.24, 2.45) is 16.7 Å². The van der Waals surface area contributed by atoms with Crippen LogP contribution in [0.15, 0.2) is 0 Å². The van der Waals surface area contributed by atoms with E-state index in [1.54, 1.807) is 14.0 Å². The van der Waals surface area contributed by atoms with Crippen LogP contribution in [0.5, 0.6) is 0 Å². The van der Waals surface area contributed by atoms with Crippen molar-refractivity contribution in [1.29, 1.82) is 0 Å². The fourth-order valence-electron chi connectivity index (χ4n) is 5.26. The molecule has 0 aromatic carbocycles. The highest BCUT2D eigenvalue weighted by atomic mass is 32.2. The predicted molar refractivity (Wildman–Crippen MR) is 89.6 cm³/mol. The molecule has 1 N–H and O–H groups in total. The number of carbonyl (C=O) groups is 2. The standard InChI is InChI=1S/C16H27N3O4S/c1-12(20)18-8-6-15(7-9-18)4-5-16(14(21)17-2)11-19(10-13(15)16)24(3,22)23/h13H,4-11H2,1-3H3,(H,17,21)/t13-,16-/m1/s1. The van der Waals surface area contributed by atoms with Gasteiger partial charge in [-0.05, 0) is 37.0 Å². The van der Waals surface area contributed by atoms with Crippen molar-refractivity contribution < 1.29 is 18.0 Å². The Morgan fingerprint density at radius 3 is 2.25 bits per heavy atom. The summed E-state index contributed by atoms with van der Waals surface area (Å²) in [5.41, 5.74) is -0.645. The molecule has 136 valence electrons. The van der Waals surface area contributed by atoms with E-state index in [1.807, 2.05) is 4.90 Å². The molecule has 1 aliphatic carbocycles. The monoisotopic (exact) mass is 357 g/mol. The van der Waals surface area contributed by atoms with Crippen LogP contribution in [0.4, 0.5) is 0 Å². The van der Waals surface area contributed by atoms with Gasteiger partial charge in [-0.2, -0.15) is 0 Å². The van der Waals surface area contributed by atoms with E-state index >= 15 is 0 Å². The summed E-state index contributed by atoms with van der Waals surface area (Å²) in [6.07, 6.45) is 4.59. The van der Waals surface area contributed by atoms with Crippen LogP contribution in [-0.4, -0.2) is 68.9 Å². The summed E-state index contributed by atoms with van der Waals surface area (Å²) < 4.78 is 25.6. The first-order valence-electron chi connectivity index (χ1n) is 8.57. The molecule has 1 saturated carbocycles. The number of hydrogen-bond donors (Lipinski definition) is 1. The van der Waals surface area contributed by atoms with Gasteiger partial charge < -0.3 is 10.2 Å². The van der Waals surface area contributed by atoms with Gasteiger partial charge in [0.1, 0.15) is 0 Å². The van der Waals surface area contributed by atoms with Crippen molar-refractivity contribution >= 4 is 21.8 Å². The quantitative estimate of drug-likeness (QED) is 0.756. The van der Waals surface area contributed by atoms with Gasteiger partial charge in [-0.15, -0.1) is 0 Å². The van der Waals surface area contributed by atoms with Crippen LogP contribution in [0.1, 0.15) is 32.6 Å². The molecule has 2 atom stereocenters. The van der Waals surface area contributed by atoms with Gasteiger partial charge in [-0.25, -0.2) is 12.7 Å². The highest BCUT2D eigenvalue weighted by molar-refractivity contribution is 7.88. The van der Waals surface area contributed by atoms with Crippen LogP contribution < -0.4 is 5.32 Å². The van der Waals surface area contributed by atoms with Crippen molar-refractivity contribution in [3.8, 4) is 0 Å². The van der Waals surface area contributed by atoms with Gasteiger partial charge in [0.15, 0.2) is 0 Å². The number of hydrogen-bond acceptors (Lipinski definition) is 4. The molecule has 1 spiro atoms. The van der Waals surface area contributed by atoms with E-state index in [9.17, 15) is 18.0 Å². The third-order valence-corrected chi connectivity index (χ3v) is 7.89. The number of piperidine rings is 1. The first kappa shape index (κ1) is 17.7. The molecule has 0 unspecified atom stereocenters. The molecule has 3 fully saturated rings. The number of likely N-dealkylation sites (tertiary alicyclic amines) is 1. The Morgan fingerprint density at radius 1 is 1.12 bits per heavy atom. The molecule has 2 heterocycles. The lowest BCUT2D eigenvalue weighted by Gasteiger charge is -2.44. The van der Waals surface area contributed by atoms with E-state index in [0.29, 0.717) is 19.6 Å². The molecule has 0 radical (unpaired) electrons. The maximum Gasteiger partial charge on any atom is 0.227 e. The molecule has 3 rings (SSSR count). The van der Waals surface area contributed by atoms with E-state index in [-0.39, 0.29) is 29.7 Å². The highest BCUT2D eigenvalue weighted by Crippen LogP contribution is 2.62. The Morgan fingerprint density at radius 2 is 1.75 bits per heavy atom. The van der Waals surface area contributed by atoms with Crippen molar-refractivity contribution in [3.05, 3.63) is 0 Å². The average molecular weight is 357 g/mol. The Labute approximate surface area is 143 Å². The van der Waals surface area contributed by atoms with Crippen LogP contribution in [0, 0.1) is 16.7 Å². The minimum atomic E-state index is -3.32. The topological polar surface area (TPSA) is 86.8 Å². The smallest absolute Gasteiger partial charge is 0.227 e. The Bertz CT molecular complexity index is 654. The molecule has 2 aliphatic heterocycles. The molecule has 0 aromatic heterocycles. The summed E-state index contributed by atoms with van der Waals surface area (Å²) in [6.45, 7) is 3.70. The van der Waals surface area contributed by atoms with Gasteiger partial charge in [0.25, 0.3) is 0 Å². The van der Waals surface area contributed by atoms with Crippen LogP contribution in [0.2, 0.25) is 0 Å². The first-order valence-corrected chi connectivity index (χ1v) is 10.4. The molecule has 8 heteroatoms. The van der Waals surface area contributed by atoms with Crippen molar-refractivity contribution in [3.63, 3.8) is 0 Å². The predicted octanol–water partition coefficient (Wildman–Crippen LogP) is 0.0327. The molecule has 0 bridgehead atoms. The minimum absolute atomic E-state index is 0.0299. The number of sulfonamides is 1. The summed E-state index contributed by atoms with van der Waals surface area (Å²) in [4.78, 5) is 26.2. The molecule has 7 nitrogen and oxygen atoms in total. The number of nitrogens with one attached hydrogen (secondary N) is 1. The van der Waals surface area contributed by atoms with Crippen molar-refractivity contribution in [2.75, 3.05) is 39.5 Å². The lowest BCUT2D eigenvalue weighted by molar-refractivity contribution is -0.135. The van der Waals surface area contributed by atoms with Gasteiger partial charge in [-0.1, -0.05) is 0 Å². The lowest BCUT2D eigenvalue weighted by atomic mass is 9.65. The van der Waals surface area contributed by atoms with Gasteiger partial charge in [0.05, 0.1) is 11.7 Å². The first-order chi connectivity index (χ1) is 11.1. The van der Waals surface area contributed by atoms with Gasteiger partial charge in [0.2, 0.25) is 21.8 Å². The molecular formula is C16H27N3O4S. The molecule has 2 amide bonds. The summed E-state index contributed by atoms with van der Waals surface area (Å²) >= 11 is 0. The molecule has 24 heavy (non-hydrogen) atoms. The number of amides is 2. The van der Waals surface area contributed by atoms with Crippen LogP contribution in [-0.2, 0) is 19.6 Å². The van der Waals surface area contributed by atoms with Gasteiger partial charge in [0, 0.05) is 40.2 Å². The van der Waals surface area contributed by atoms with Crippen LogP contribution >= 0.6 is 0 Å². The molecular weight excluding hydrogens is 330 g/mol. The lowest BCUT2D eigenvalue weighted by Crippen LogP contribution is -2.49. The summed E-state index contributed by atoms with van der Waals surface area (Å²) in [6, 6.07) is 0. The molecule has 3 aliphatic rings. The van der Waals surface area contributed by atoms with E-state index in [4.69, 9.17) is 0 Å². The normalized spacial score (nSPS) is 32.8. The van der Waals surface area contributed by atoms with E-state index < -0.39 is 15.4 Å². The average Bonchev–Trinajstić information content (AvgIpc) is 3.05. The Hall–Kier alpha value is -1.15.